The molecule has 0 unspecified atom stereocenters. The number of hydrazine groups is 1. The maximum absolute atomic E-state index is 13.7. The number of nitrogens with one attached hydrogen (secondary N) is 2. The minimum Gasteiger partial charge on any atom is -0.453 e. The van der Waals surface area contributed by atoms with Gasteiger partial charge in [0.2, 0.25) is 11.8 Å². The quantitative estimate of drug-likeness (QED) is 0.242. The molecule has 3 aliphatic heterocycles. The summed E-state index contributed by atoms with van der Waals surface area (Å²) in [5.41, 5.74) is 11.3. The van der Waals surface area contributed by atoms with Gasteiger partial charge in [-0.1, -0.05) is 75.2 Å². The van der Waals surface area contributed by atoms with Gasteiger partial charge >= 0.3 is 12.2 Å². The molecule has 1 saturated carbocycles. The van der Waals surface area contributed by atoms with Crippen LogP contribution in [0.4, 0.5) is 9.59 Å². The Morgan fingerprint density at radius 2 is 1.27 bits per heavy atom. The molecule has 2 fully saturated rings. The predicted molar refractivity (Wildman–Crippen MR) is 214 cm³/mol. The number of carbonyl (C=O) groups excluding carboxylic acids is 4. The number of nitrogens with zero attached hydrogens (tertiary/aromatic N) is 4. The van der Waals surface area contributed by atoms with Crippen molar-refractivity contribution in [3.05, 3.63) is 72.1 Å². The van der Waals surface area contributed by atoms with Crippen LogP contribution in [0.1, 0.15) is 90.2 Å². The molecule has 2 aromatic rings. The maximum Gasteiger partial charge on any atom is 0.425 e. The first-order valence-corrected chi connectivity index (χ1v) is 19.5. The Morgan fingerprint density at radius 3 is 1.84 bits per heavy atom. The molecule has 292 valence electrons. The molecule has 1 saturated heterocycles. The van der Waals surface area contributed by atoms with Crippen LogP contribution in [0.2, 0.25) is 0 Å². The van der Waals surface area contributed by atoms with Crippen molar-refractivity contribution < 1.29 is 28.7 Å². The summed E-state index contributed by atoms with van der Waals surface area (Å²) in [5.74, 6) is -0.488. The zero-order valence-electron chi connectivity index (χ0n) is 32.8. The second-order valence-electron chi connectivity index (χ2n) is 15.5. The zero-order chi connectivity index (χ0) is 39.2. The fourth-order valence-electron chi connectivity index (χ4n) is 8.27. The minimum absolute atomic E-state index is 0.0251. The lowest BCUT2D eigenvalue weighted by Crippen LogP contribution is -2.54. The van der Waals surface area contributed by atoms with Gasteiger partial charge in [0.25, 0.3) is 0 Å². The zero-order valence-corrected chi connectivity index (χ0v) is 32.8. The molecule has 4 atom stereocenters. The van der Waals surface area contributed by atoms with E-state index in [0.29, 0.717) is 19.4 Å². The Kier molecular flexibility index (Phi) is 12.5. The number of carbonyl (C=O) groups is 4. The van der Waals surface area contributed by atoms with Crippen LogP contribution in [-0.2, 0) is 19.1 Å². The lowest BCUT2D eigenvalue weighted by Gasteiger charge is -2.36. The maximum atomic E-state index is 13.7. The van der Waals surface area contributed by atoms with Gasteiger partial charge in [-0.3, -0.25) is 19.6 Å². The Morgan fingerprint density at radius 1 is 0.727 bits per heavy atom. The molecule has 6 rings (SSSR count). The van der Waals surface area contributed by atoms with Crippen LogP contribution in [0, 0.1) is 17.8 Å². The molecule has 4 amide bonds. The van der Waals surface area contributed by atoms with E-state index < -0.39 is 18.2 Å². The lowest BCUT2D eigenvalue weighted by molar-refractivity contribution is -0.142. The molecule has 2 N–H and O–H groups in total. The number of alkyl carbamates (subject to hydrolysis) is 1. The summed E-state index contributed by atoms with van der Waals surface area (Å²) in [7, 11) is 2.59. The molecule has 0 spiro atoms. The number of hydrogen-bond acceptors (Lipinski definition) is 8. The van der Waals surface area contributed by atoms with Crippen molar-refractivity contribution in [1.29, 1.82) is 0 Å². The Bertz CT molecular complexity index is 1880. The van der Waals surface area contributed by atoms with E-state index in [1.54, 1.807) is 0 Å². The number of amides is 4. The average Bonchev–Trinajstić information content (AvgIpc) is 4.00. The summed E-state index contributed by atoms with van der Waals surface area (Å²) < 4.78 is 9.53. The number of hydrogen-bond donors (Lipinski definition) is 2. The number of methoxy groups -OCH3 is 2. The predicted octanol–water partition coefficient (Wildman–Crippen LogP) is 7.41. The summed E-state index contributed by atoms with van der Waals surface area (Å²) in [4.78, 5) is 62.7. The number of rotatable bonds is 10. The second kappa shape index (κ2) is 17.5. The highest BCUT2D eigenvalue weighted by Crippen LogP contribution is 2.38. The van der Waals surface area contributed by atoms with E-state index in [4.69, 9.17) is 19.5 Å². The van der Waals surface area contributed by atoms with Crippen LogP contribution in [0.15, 0.2) is 70.9 Å². The van der Waals surface area contributed by atoms with Crippen molar-refractivity contribution in [2.24, 2.45) is 27.7 Å². The molecule has 4 aliphatic rings. The minimum atomic E-state index is -0.656. The molecule has 0 aromatic heterocycles. The molecule has 55 heavy (non-hydrogen) atoms. The normalized spacial score (nSPS) is 21.4. The molecule has 12 nitrogen and oxygen atoms in total. The van der Waals surface area contributed by atoms with Crippen LogP contribution in [-0.4, -0.2) is 84.2 Å². The molecular weight excluding hydrogens is 697 g/mol. The first kappa shape index (κ1) is 39.4. The molecule has 2 aromatic carbocycles. The van der Waals surface area contributed by atoms with Crippen LogP contribution in [0.5, 0.6) is 0 Å². The Hall–Kier alpha value is -5.26. The van der Waals surface area contributed by atoms with E-state index in [-0.39, 0.29) is 41.7 Å². The van der Waals surface area contributed by atoms with E-state index in [9.17, 15) is 19.2 Å². The summed E-state index contributed by atoms with van der Waals surface area (Å²) in [6.45, 7) is 8.23. The number of allylic oxidation sites excluding steroid dienone is 2. The van der Waals surface area contributed by atoms with Crippen molar-refractivity contribution in [2.75, 3.05) is 20.8 Å². The van der Waals surface area contributed by atoms with Gasteiger partial charge < -0.3 is 19.7 Å². The van der Waals surface area contributed by atoms with E-state index in [1.165, 1.54) is 19.2 Å². The van der Waals surface area contributed by atoms with E-state index in [1.807, 2.05) is 45.0 Å². The van der Waals surface area contributed by atoms with Crippen molar-refractivity contribution in [3.63, 3.8) is 0 Å². The van der Waals surface area contributed by atoms with Gasteiger partial charge in [0.15, 0.2) is 0 Å². The highest BCUT2D eigenvalue weighted by Gasteiger charge is 2.40. The van der Waals surface area contributed by atoms with Crippen molar-refractivity contribution in [2.45, 2.75) is 97.2 Å². The van der Waals surface area contributed by atoms with Gasteiger partial charge in [0, 0.05) is 61.1 Å². The van der Waals surface area contributed by atoms with Crippen molar-refractivity contribution in [1.82, 2.24) is 20.7 Å². The molecule has 0 bridgehead atoms. The smallest absolute Gasteiger partial charge is 0.425 e. The first-order valence-electron chi connectivity index (χ1n) is 19.5. The number of benzene rings is 2. The largest absolute Gasteiger partial charge is 0.453 e. The standard InChI is InChI=1S/C43H54N6O6/c1-26(2)39(46-42(52)54-5)41(51)48-21-9-12-38(48)37-23-33(25-45-37)31-19-15-29(16-20-31)28-13-17-30(18-14-28)32-22-36(44-24-32)34-10-7-8-11-35(34)40(50)49(27(3)4)47-43(53)55-6/h13-20,24-27,34-35,38-39H,7-12,21-23H2,1-6H3,(H,46,52)(H,47,53)/t34-,35+,38+,39+/m1/s1. The van der Waals surface area contributed by atoms with Gasteiger partial charge in [0.1, 0.15) is 6.04 Å². The fourth-order valence-corrected chi connectivity index (χ4v) is 8.27. The number of aliphatic imine (C=N–C) groups is 2. The second-order valence-corrected chi connectivity index (χ2v) is 15.5. The van der Waals surface area contributed by atoms with Gasteiger partial charge in [-0.15, -0.1) is 0 Å². The number of ether oxygens (including phenoxy) is 2. The third-order valence-corrected chi connectivity index (χ3v) is 11.3. The summed E-state index contributed by atoms with van der Waals surface area (Å²) in [6, 6.07) is 16.1. The van der Waals surface area contributed by atoms with Crippen molar-refractivity contribution >= 4 is 46.6 Å². The average molecular weight is 751 g/mol. The molecule has 1 aliphatic carbocycles. The lowest BCUT2D eigenvalue weighted by atomic mass is 9.74. The molecular formula is C43H54N6O6. The summed E-state index contributed by atoms with van der Waals surface area (Å²) >= 11 is 0. The monoisotopic (exact) mass is 750 g/mol. The van der Waals surface area contributed by atoms with Crippen LogP contribution in [0.3, 0.4) is 0 Å². The Balaban J connectivity index is 1.05. The first-order chi connectivity index (χ1) is 26.5. The SMILES string of the molecule is COC(=O)N[C@H](C(=O)N1CCC[C@H]1C1=NC=C(c2ccc(-c3ccc(C4=CN=C([C@@H]5CCCC[C@@H]5C(=O)N(NC(=O)OC)C(C)C)C4)cc3)cc2)C1)C(C)C. The van der Waals surface area contributed by atoms with Gasteiger partial charge in [-0.05, 0) is 78.8 Å². The highest BCUT2D eigenvalue weighted by molar-refractivity contribution is 6.04. The highest BCUT2D eigenvalue weighted by atomic mass is 16.5. The summed E-state index contributed by atoms with van der Waals surface area (Å²) in [6.07, 6.45) is 9.39. The fraction of sp³-hybridized carbons (Fsp3) is 0.488. The van der Waals surface area contributed by atoms with Crippen LogP contribution in [0.25, 0.3) is 22.3 Å². The van der Waals surface area contributed by atoms with Gasteiger partial charge in [-0.25, -0.2) is 20.0 Å². The third kappa shape index (κ3) is 8.84. The molecule has 12 heteroatoms. The molecule has 3 heterocycles. The van der Waals surface area contributed by atoms with Gasteiger partial charge in [-0.2, -0.15) is 0 Å². The van der Waals surface area contributed by atoms with Gasteiger partial charge in [0.05, 0.1) is 20.3 Å². The molecule has 0 radical (unpaired) electrons. The Labute approximate surface area is 324 Å². The van der Waals surface area contributed by atoms with E-state index in [0.717, 1.165) is 83.3 Å². The third-order valence-electron chi connectivity index (χ3n) is 11.3. The number of likely N-dealkylation sites (tertiary alicyclic amines) is 1. The van der Waals surface area contributed by atoms with E-state index >= 15 is 0 Å². The van der Waals surface area contributed by atoms with Crippen LogP contribution >= 0.6 is 0 Å². The topological polar surface area (TPSA) is 142 Å². The summed E-state index contributed by atoms with van der Waals surface area (Å²) in [5, 5.41) is 4.13. The van der Waals surface area contributed by atoms with E-state index in [2.05, 4.69) is 59.3 Å². The van der Waals surface area contributed by atoms with Crippen molar-refractivity contribution in [3.8, 4) is 11.1 Å². The van der Waals surface area contributed by atoms with Crippen LogP contribution < -0.4 is 10.7 Å².